The number of fused-ring (bicyclic) bond motifs is 4. The number of alkyl halides is 2. The minimum absolute atomic E-state index is 0.0120. The molecule has 5 aliphatic heterocycles. The fraction of sp³-hybridized carbons (Fsp3) is 0.545. The van der Waals surface area contributed by atoms with Crippen molar-refractivity contribution in [1.82, 2.24) is 39.5 Å². The van der Waals surface area contributed by atoms with Crippen LogP contribution in [0.2, 0.25) is 0 Å². The number of ether oxygens (including phenoxy) is 2. The van der Waals surface area contributed by atoms with E-state index in [0.717, 1.165) is 75.3 Å². The van der Waals surface area contributed by atoms with Gasteiger partial charge in [0, 0.05) is 57.3 Å². The van der Waals surface area contributed by atoms with E-state index in [9.17, 15) is 32.8 Å². The van der Waals surface area contributed by atoms with Crippen LogP contribution in [0, 0.1) is 5.92 Å². The third-order valence-electron chi connectivity index (χ3n) is 13.7. The average molecular weight is 884 g/mol. The number of morpholine rings is 1. The smallest absolute Gasteiger partial charge is 0.284 e. The predicted octanol–water partition coefficient (Wildman–Crippen LogP) is 4.21. The fourth-order valence-electron chi connectivity index (χ4n) is 10.3. The quantitative estimate of drug-likeness (QED) is 0.120. The first kappa shape index (κ1) is 42.1. The summed E-state index contributed by atoms with van der Waals surface area (Å²) in [6, 6.07) is 6.31. The Labute approximate surface area is 367 Å². The lowest BCUT2D eigenvalue weighted by Crippen LogP contribution is -2.64. The zero-order valence-corrected chi connectivity index (χ0v) is 35.3. The maximum atomic E-state index is 14.3. The lowest BCUT2D eigenvalue weighted by molar-refractivity contribution is -0.136. The van der Waals surface area contributed by atoms with Crippen molar-refractivity contribution in [3.05, 3.63) is 65.2 Å². The Bertz CT molecular complexity index is 2450. The van der Waals surface area contributed by atoms with E-state index in [0.29, 0.717) is 50.0 Å². The van der Waals surface area contributed by atoms with Gasteiger partial charge < -0.3 is 29.9 Å². The number of amides is 5. The van der Waals surface area contributed by atoms with Crippen LogP contribution in [0.3, 0.4) is 0 Å². The summed E-state index contributed by atoms with van der Waals surface area (Å²) in [5, 5.41) is 16.7. The Kier molecular flexibility index (Phi) is 11.6. The molecule has 5 fully saturated rings. The fourth-order valence-corrected chi connectivity index (χ4v) is 10.3. The molecule has 6 aliphatic rings. The van der Waals surface area contributed by atoms with E-state index in [1.807, 2.05) is 6.07 Å². The number of nitrogens with zero attached hydrogens (tertiary/aromatic N) is 8. The molecule has 4 saturated heterocycles. The van der Waals surface area contributed by atoms with E-state index in [2.05, 4.69) is 35.9 Å². The van der Waals surface area contributed by atoms with Crippen LogP contribution in [0.15, 0.2) is 42.9 Å². The summed E-state index contributed by atoms with van der Waals surface area (Å²) >= 11 is 0. The number of hydrogen-bond donors (Lipinski definition) is 3. The number of likely N-dealkylation sites (tertiary alicyclic amines) is 1. The molecule has 338 valence electrons. The average Bonchev–Trinajstić information content (AvgIpc) is 3.99. The van der Waals surface area contributed by atoms with Crippen molar-refractivity contribution >= 4 is 52.4 Å². The van der Waals surface area contributed by atoms with Crippen LogP contribution in [0.4, 0.5) is 26.0 Å². The summed E-state index contributed by atoms with van der Waals surface area (Å²) in [7, 11) is 0. The topological polar surface area (TPSA) is 198 Å². The Morgan fingerprint density at radius 1 is 0.953 bits per heavy atom. The van der Waals surface area contributed by atoms with Crippen molar-refractivity contribution in [2.24, 2.45) is 5.92 Å². The molecule has 0 spiro atoms. The maximum Gasteiger partial charge on any atom is 0.284 e. The lowest BCUT2D eigenvalue weighted by atomic mass is 9.85. The van der Waals surface area contributed by atoms with Gasteiger partial charge >= 0.3 is 0 Å². The zero-order valence-electron chi connectivity index (χ0n) is 35.3. The summed E-state index contributed by atoms with van der Waals surface area (Å²) < 4.78 is 43.5. The van der Waals surface area contributed by atoms with Gasteiger partial charge in [-0.15, -0.1) is 0 Å². The van der Waals surface area contributed by atoms with Crippen LogP contribution in [0.1, 0.15) is 113 Å². The van der Waals surface area contributed by atoms with Crippen LogP contribution in [0.25, 0.3) is 5.65 Å². The van der Waals surface area contributed by atoms with Crippen molar-refractivity contribution in [3.63, 3.8) is 0 Å². The van der Waals surface area contributed by atoms with Gasteiger partial charge in [-0.25, -0.2) is 18.3 Å². The molecular formula is C44H51F2N11O7. The minimum atomic E-state index is -2.87. The second kappa shape index (κ2) is 17.6. The number of piperidine rings is 2. The number of aromatic nitrogens is 5. The summed E-state index contributed by atoms with van der Waals surface area (Å²) in [6.45, 7) is 5.15. The number of benzene rings is 1. The molecule has 8 heterocycles. The van der Waals surface area contributed by atoms with E-state index in [-0.39, 0.29) is 59.4 Å². The number of nitrogens with one attached hydrogen (secondary N) is 3. The van der Waals surface area contributed by atoms with Crippen molar-refractivity contribution in [1.29, 1.82) is 0 Å². The monoisotopic (exact) mass is 883 g/mol. The van der Waals surface area contributed by atoms with Crippen LogP contribution < -0.4 is 20.9 Å². The van der Waals surface area contributed by atoms with Crippen molar-refractivity contribution < 1.29 is 42.2 Å². The molecule has 64 heavy (non-hydrogen) atoms. The molecule has 3 atom stereocenters. The van der Waals surface area contributed by atoms with E-state index >= 15 is 0 Å². The summed E-state index contributed by atoms with van der Waals surface area (Å²) in [5.74, 6) is -1.49. The summed E-state index contributed by atoms with van der Waals surface area (Å²) in [6.07, 6.45) is 9.19. The number of anilines is 3. The summed E-state index contributed by atoms with van der Waals surface area (Å²) in [5.41, 5.74) is 1.08. The molecule has 20 heteroatoms. The molecule has 10 rings (SSSR count). The van der Waals surface area contributed by atoms with Gasteiger partial charge in [0.05, 0.1) is 60.5 Å². The third-order valence-corrected chi connectivity index (χ3v) is 13.7. The number of halogens is 2. The SMILES string of the molecule is O=C1CCC(N2C(=O)c3cccc(NCCCOC4CCN(C[C@H]5CC[C@H](n6cc(NC(=O)c7cnn8ccc(N9C%10COCC9C%10)nc78)c(C(F)F)n6)CC5)CC4)c3C2=O)C(=O)N1. The van der Waals surface area contributed by atoms with Gasteiger partial charge in [0.1, 0.15) is 17.4 Å². The zero-order chi connectivity index (χ0) is 44.1. The Morgan fingerprint density at radius 2 is 1.75 bits per heavy atom. The predicted molar refractivity (Wildman–Crippen MR) is 226 cm³/mol. The van der Waals surface area contributed by atoms with Gasteiger partial charge in [0.2, 0.25) is 11.8 Å². The van der Waals surface area contributed by atoms with Crippen molar-refractivity contribution in [2.45, 2.75) is 101 Å². The van der Waals surface area contributed by atoms with E-state index < -0.39 is 47.7 Å². The van der Waals surface area contributed by atoms with Crippen LogP contribution in [0.5, 0.6) is 0 Å². The van der Waals surface area contributed by atoms with Crippen LogP contribution >= 0.6 is 0 Å². The lowest BCUT2D eigenvalue weighted by Gasteiger charge is -2.53. The molecule has 2 bridgehead atoms. The molecule has 5 amide bonds. The Balaban J connectivity index is 0.657. The minimum Gasteiger partial charge on any atom is -0.384 e. The van der Waals surface area contributed by atoms with Gasteiger partial charge in [-0.2, -0.15) is 10.2 Å². The van der Waals surface area contributed by atoms with Crippen LogP contribution in [-0.2, 0) is 19.1 Å². The van der Waals surface area contributed by atoms with Crippen LogP contribution in [-0.4, -0.2) is 134 Å². The summed E-state index contributed by atoms with van der Waals surface area (Å²) in [4.78, 5) is 74.5. The van der Waals surface area contributed by atoms with E-state index in [1.165, 1.54) is 16.9 Å². The van der Waals surface area contributed by atoms with Crippen molar-refractivity contribution in [3.8, 4) is 0 Å². The van der Waals surface area contributed by atoms with Gasteiger partial charge in [0.15, 0.2) is 11.3 Å². The van der Waals surface area contributed by atoms with Gasteiger partial charge in [-0.1, -0.05) is 6.07 Å². The highest BCUT2D eigenvalue weighted by Crippen LogP contribution is 2.38. The molecule has 3 unspecified atom stereocenters. The first-order valence-corrected chi connectivity index (χ1v) is 22.4. The molecule has 1 saturated carbocycles. The Morgan fingerprint density at radius 3 is 2.50 bits per heavy atom. The maximum absolute atomic E-state index is 14.3. The number of imide groups is 2. The molecular weight excluding hydrogens is 833 g/mol. The normalized spacial score (nSPS) is 25.2. The largest absolute Gasteiger partial charge is 0.384 e. The second-order valence-corrected chi connectivity index (χ2v) is 17.8. The first-order chi connectivity index (χ1) is 31.1. The highest BCUT2D eigenvalue weighted by molar-refractivity contribution is 6.25. The third kappa shape index (κ3) is 8.10. The Hall–Kier alpha value is -5.86. The molecule has 18 nitrogen and oxygen atoms in total. The second-order valence-electron chi connectivity index (χ2n) is 17.8. The van der Waals surface area contributed by atoms with Gasteiger partial charge in [-0.3, -0.25) is 38.9 Å². The van der Waals surface area contributed by atoms with Gasteiger partial charge in [0.25, 0.3) is 24.1 Å². The number of carbonyl (C=O) groups is 5. The van der Waals surface area contributed by atoms with Crippen molar-refractivity contribution in [2.75, 3.05) is 61.5 Å². The standard InChI is InChI=1S/C44H51F2N11O7/c45-39(46)38-33(49-41(59)31-20-48-54-17-13-35(50-40(31)54)56-27-19-28(56)24-63-23-27)22-55(52-38)26-7-5-25(6-8-26)21-53-15-11-29(12-16-53)64-18-2-14-47-32-4-1-3-30-37(32)44(62)57(43(30)61)34-9-10-36(58)51-42(34)60/h1,3-4,13,17,20,22,25-29,34,39,47H,2,5-12,14-16,18-19,21,23-24H2,(H,49,59)(H,51,58,60)/t25-,26-,27?,28?,34?. The first-order valence-electron chi connectivity index (χ1n) is 22.4. The molecule has 0 radical (unpaired) electrons. The molecule has 4 aromatic rings. The molecule has 3 N–H and O–H groups in total. The number of hydrogen-bond acceptors (Lipinski definition) is 13. The van der Waals surface area contributed by atoms with E-state index in [1.54, 1.807) is 29.1 Å². The highest BCUT2D eigenvalue weighted by Gasteiger charge is 2.46. The van der Waals surface area contributed by atoms with Gasteiger partial charge in [-0.05, 0) is 81.9 Å². The number of rotatable bonds is 14. The highest BCUT2D eigenvalue weighted by atomic mass is 19.3. The van der Waals surface area contributed by atoms with E-state index in [4.69, 9.17) is 14.5 Å². The molecule has 1 aromatic carbocycles. The molecule has 1 aliphatic carbocycles. The number of carbonyl (C=O) groups excluding carboxylic acids is 5. The molecule has 3 aromatic heterocycles.